The van der Waals surface area contributed by atoms with E-state index in [0.717, 1.165) is 25.7 Å². The average molecular weight is 240 g/mol. The molecule has 0 bridgehead atoms. The van der Waals surface area contributed by atoms with Crippen molar-refractivity contribution >= 4 is 0 Å². The molecule has 17 heavy (non-hydrogen) atoms. The highest BCUT2D eigenvalue weighted by atomic mass is 16.7. The van der Waals surface area contributed by atoms with Crippen LogP contribution in [0.15, 0.2) is 12.7 Å². The van der Waals surface area contributed by atoms with E-state index in [0.29, 0.717) is 18.4 Å². The molecule has 98 valence electrons. The Bertz CT molecular complexity index is 275. The Morgan fingerprint density at radius 2 is 2.29 bits per heavy atom. The number of allylic oxidation sites excluding steroid dienone is 1. The Labute approximate surface area is 104 Å². The van der Waals surface area contributed by atoms with Gasteiger partial charge in [-0.25, -0.2) is 0 Å². The Kier molecular flexibility index (Phi) is 3.91. The summed E-state index contributed by atoms with van der Waals surface area (Å²) in [5.74, 6) is 0.476. The molecule has 0 unspecified atom stereocenters. The van der Waals surface area contributed by atoms with Gasteiger partial charge in [-0.3, -0.25) is 0 Å². The Morgan fingerprint density at radius 3 is 2.88 bits per heavy atom. The summed E-state index contributed by atoms with van der Waals surface area (Å²) < 4.78 is 11.4. The van der Waals surface area contributed by atoms with Gasteiger partial charge in [-0.15, -0.1) is 6.58 Å². The van der Waals surface area contributed by atoms with E-state index < -0.39 is 5.79 Å². The zero-order valence-corrected chi connectivity index (χ0v) is 10.9. The summed E-state index contributed by atoms with van der Waals surface area (Å²) in [6.07, 6.45) is 5.90. The lowest BCUT2D eigenvalue weighted by Gasteiger charge is -2.17. The standard InChI is InChI=1S/C14H24O3/c1-4-5-6-7-12(15)10-8-11(10)13-9-16-14(2,3)17-13/h4,10-13,15H,1,5-9H2,2-3H3/t10-,11-,12-,13-/m0/s1. The van der Waals surface area contributed by atoms with Crippen molar-refractivity contribution in [3.63, 3.8) is 0 Å². The summed E-state index contributed by atoms with van der Waals surface area (Å²) in [5, 5.41) is 10.0. The van der Waals surface area contributed by atoms with Crippen LogP contribution in [0.25, 0.3) is 0 Å². The predicted octanol–water partition coefficient (Wildman–Crippen LogP) is 2.49. The number of ether oxygens (including phenoxy) is 2. The van der Waals surface area contributed by atoms with Crippen LogP contribution in [0.2, 0.25) is 0 Å². The number of unbranched alkanes of at least 4 members (excludes halogenated alkanes) is 1. The van der Waals surface area contributed by atoms with Crippen molar-refractivity contribution in [3.05, 3.63) is 12.7 Å². The zero-order chi connectivity index (χ0) is 12.5. The third kappa shape index (κ3) is 3.30. The van der Waals surface area contributed by atoms with Crippen molar-refractivity contribution in [2.75, 3.05) is 6.61 Å². The van der Waals surface area contributed by atoms with Crippen molar-refractivity contribution in [2.45, 2.75) is 57.5 Å². The second-order valence-corrected chi connectivity index (χ2v) is 5.72. The Balaban J connectivity index is 1.71. The van der Waals surface area contributed by atoms with Gasteiger partial charge in [0.2, 0.25) is 0 Å². The van der Waals surface area contributed by atoms with Crippen LogP contribution >= 0.6 is 0 Å². The van der Waals surface area contributed by atoms with Crippen LogP contribution in [-0.2, 0) is 9.47 Å². The average Bonchev–Trinajstić information content (AvgIpc) is 2.98. The molecule has 3 heteroatoms. The van der Waals surface area contributed by atoms with E-state index >= 15 is 0 Å². The fourth-order valence-electron chi connectivity index (χ4n) is 2.72. The second-order valence-electron chi connectivity index (χ2n) is 5.72. The third-order valence-electron chi connectivity index (χ3n) is 3.80. The molecule has 1 N–H and O–H groups in total. The molecule has 0 spiro atoms. The fourth-order valence-corrected chi connectivity index (χ4v) is 2.72. The van der Waals surface area contributed by atoms with Crippen molar-refractivity contribution in [1.29, 1.82) is 0 Å². The van der Waals surface area contributed by atoms with Gasteiger partial charge in [0.1, 0.15) is 0 Å². The second kappa shape index (κ2) is 5.09. The Hall–Kier alpha value is -0.380. The maximum absolute atomic E-state index is 10.0. The number of hydrogen-bond donors (Lipinski definition) is 1. The van der Waals surface area contributed by atoms with Crippen molar-refractivity contribution in [1.82, 2.24) is 0 Å². The van der Waals surface area contributed by atoms with Gasteiger partial charge in [-0.05, 0) is 51.4 Å². The van der Waals surface area contributed by atoms with E-state index in [1.165, 1.54) is 0 Å². The molecular weight excluding hydrogens is 216 g/mol. The predicted molar refractivity (Wildman–Crippen MR) is 66.6 cm³/mol. The highest BCUT2D eigenvalue weighted by Crippen LogP contribution is 2.48. The molecule has 2 aliphatic rings. The summed E-state index contributed by atoms with van der Waals surface area (Å²) in [6, 6.07) is 0. The van der Waals surface area contributed by atoms with E-state index in [9.17, 15) is 5.11 Å². The first-order valence-corrected chi connectivity index (χ1v) is 6.64. The van der Waals surface area contributed by atoms with Gasteiger partial charge in [-0.1, -0.05) is 6.08 Å². The molecular formula is C14H24O3. The Morgan fingerprint density at radius 1 is 1.53 bits per heavy atom. The lowest BCUT2D eigenvalue weighted by atomic mass is 10.0. The number of aliphatic hydroxyl groups is 1. The first-order valence-electron chi connectivity index (χ1n) is 6.64. The van der Waals surface area contributed by atoms with E-state index in [1.807, 2.05) is 19.9 Å². The van der Waals surface area contributed by atoms with E-state index in [1.54, 1.807) is 0 Å². The maximum Gasteiger partial charge on any atom is 0.163 e. The smallest absolute Gasteiger partial charge is 0.163 e. The minimum Gasteiger partial charge on any atom is -0.393 e. The highest BCUT2D eigenvalue weighted by molar-refractivity contribution is 4.98. The lowest BCUT2D eigenvalue weighted by molar-refractivity contribution is -0.141. The first-order chi connectivity index (χ1) is 8.03. The lowest BCUT2D eigenvalue weighted by Crippen LogP contribution is -2.23. The van der Waals surface area contributed by atoms with Crippen molar-refractivity contribution in [3.8, 4) is 0 Å². The first kappa shape index (κ1) is 13.1. The fraction of sp³-hybridized carbons (Fsp3) is 0.857. The van der Waals surface area contributed by atoms with Gasteiger partial charge in [0.15, 0.2) is 5.79 Å². The molecule has 1 aliphatic heterocycles. The van der Waals surface area contributed by atoms with Crippen molar-refractivity contribution in [2.24, 2.45) is 11.8 Å². The van der Waals surface area contributed by atoms with Gasteiger partial charge < -0.3 is 14.6 Å². The summed E-state index contributed by atoms with van der Waals surface area (Å²) in [6.45, 7) is 8.27. The molecule has 0 amide bonds. The molecule has 0 radical (unpaired) electrons. The third-order valence-corrected chi connectivity index (χ3v) is 3.80. The SMILES string of the molecule is C=CCCC[C@H](O)[C@H]1C[C@@H]1[C@@H]1COC(C)(C)O1. The van der Waals surface area contributed by atoms with Gasteiger partial charge in [0.25, 0.3) is 0 Å². The maximum atomic E-state index is 10.0. The van der Waals surface area contributed by atoms with Gasteiger partial charge in [0.05, 0.1) is 18.8 Å². The highest BCUT2D eigenvalue weighted by Gasteiger charge is 2.51. The van der Waals surface area contributed by atoms with Crippen LogP contribution in [-0.4, -0.2) is 29.7 Å². The molecule has 1 saturated carbocycles. The summed E-state index contributed by atoms with van der Waals surface area (Å²) in [5.41, 5.74) is 0. The normalized spacial score (nSPS) is 36.8. The molecule has 1 aliphatic carbocycles. The molecule has 2 rings (SSSR count). The van der Waals surface area contributed by atoms with Crippen LogP contribution in [0.4, 0.5) is 0 Å². The minimum absolute atomic E-state index is 0.174. The largest absolute Gasteiger partial charge is 0.393 e. The van der Waals surface area contributed by atoms with Crippen LogP contribution in [0, 0.1) is 11.8 Å². The van der Waals surface area contributed by atoms with Crippen LogP contribution in [0.5, 0.6) is 0 Å². The summed E-state index contributed by atoms with van der Waals surface area (Å²) in [4.78, 5) is 0. The topological polar surface area (TPSA) is 38.7 Å². The number of hydrogen-bond acceptors (Lipinski definition) is 3. The van der Waals surface area contributed by atoms with E-state index in [-0.39, 0.29) is 12.2 Å². The van der Waals surface area contributed by atoms with Gasteiger partial charge in [-0.2, -0.15) is 0 Å². The zero-order valence-electron chi connectivity index (χ0n) is 10.9. The molecule has 2 fully saturated rings. The van der Waals surface area contributed by atoms with E-state index in [4.69, 9.17) is 9.47 Å². The monoisotopic (exact) mass is 240 g/mol. The van der Waals surface area contributed by atoms with Crippen LogP contribution < -0.4 is 0 Å². The van der Waals surface area contributed by atoms with Crippen molar-refractivity contribution < 1.29 is 14.6 Å². The van der Waals surface area contributed by atoms with Gasteiger partial charge >= 0.3 is 0 Å². The molecule has 0 aromatic rings. The molecule has 0 aromatic heterocycles. The summed E-state index contributed by atoms with van der Waals surface area (Å²) >= 11 is 0. The van der Waals surface area contributed by atoms with Gasteiger partial charge in [0, 0.05) is 0 Å². The molecule has 1 heterocycles. The quantitative estimate of drug-likeness (QED) is 0.572. The van der Waals surface area contributed by atoms with E-state index in [2.05, 4.69) is 6.58 Å². The number of rotatable bonds is 6. The molecule has 3 nitrogen and oxygen atoms in total. The number of aliphatic hydroxyl groups excluding tert-OH is 1. The minimum atomic E-state index is -0.439. The van der Waals surface area contributed by atoms with Crippen LogP contribution in [0.3, 0.4) is 0 Å². The molecule has 4 atom stereocenters. The molecule has 1 saturated heterocycles. The van der Waals surface area contributed by atoms with Crippen LogP contribution in [0.1, 0.15) is 39.5 Å². The summed E-state index contributed by atoms with van der Waals surface area (Å²) in [7, 11) is 0. The molecule has 0 aromatic carbocycles.